The molecule has 0 saturated heterocycles. The molecule has 0 aliphatic carbocycles. The SMILES string of the molecule is COc1ccc(CC(=O)SC(C)(C)C)cc1. The van der Waals surface area contributed by atoms with Gasteiger partial charge in [-0.2, -0.15) is 0 Å². The van der Waals surface area contributed by atoms with E-state index in [0.717, 1.165) is 11.3 Å². The monoisotopic (exact) mass is 238 g/mol. The average Bonchev–Trinajstić information content (AvgIpc) is 2.16. The normalized spacial score (nSPS) is 11.2. The van der Waals surface area contributed by atoms with E-state index >= 15 is 0 Å². The maximum atomic E-state index is 11.7. The van der Waals surface area contributed by atoms with Gasteiger partial charge < -0.3 is 4.74 Å². The molecule has 16 heavy (non-hydrogen) atoms. The van der Waals surface area contributed by atoms with Crippen LogP contribution in [0.3, 0.4) is 0 Å². The minimum atomic E-state index is -0.0104. The van der Waals surface area contributed by atoms with Crippen LogP contribution in [0, 0.1) is 0 Å². The lowest BCUT2D eigenvalue weighted by Crippen LogP contribution is -2.13. The van der Waals surface area contributed by atoms with Gasteiger partial charge in [-0.3, -0.25) is 4.79 Å². The molecule has 0 radical (unpaired) electrons. The zero-order valence-corrected chi connectivity index (χ0v) is 11.1. The van der Waals surface area contributed by atoms with Gasteiger partial charge in [0.15, 0.2) is 5.12 Å². The number of carbonyl (C=O) groups is 1. The molecule has 0 bridgehead atoms. The van der Waals surface area contributed by atoms with E-state index in [9.17, 15) is 4.79 Å². The standard InChI is InChI=1S/C13H18O2S/c1-13(2,3)16-12(14)9-10-5-7-11(15-4)8-6-10/h5-8H,9H2,1-4H3. The van der Waals surface area contributed by atoms with Crippen molar-refractivity contribution in [3.8, 4) is 5.75 Å². The minimum Gasteiger partial charge on any atom is -0.497 e. The Kier molecular flexibility index (Phi) is 4.42. The third kappa shape index (κ3) is 4.71. The predicted molar refractivity (Wildman–Crippen MR) is 69.0 cm³/mol. The highest BCUT2D eigenvalue weighted by Gasteiger charge is 2.16. The molecule has 1 aromatic carbocycles. The van der Waals surface area contributed by atoms with Crippen LogP contribution in [0.4, 0.5) is 0 Å². The van der Waals surface area contributed by atoms with Crippen LogP contribution in [0.1, 0.15) is 26.3 Å². The fraction of sp³-hybridized carbons (Fsp3) is 0.462. The van der Waals surface area contributed by atoms with Crippen molar-refractivity contribution in [3.05, 3.63) is 29.8 Å². The molecule has 1 rings (SSSR count). The summed E-state index contributed by atoms with van der Waals surface area (Å²) in [6.07, 6.45) is 0.478. The molecule has 2 nitrogen and oxygen atoms in total. The van der Waals surface area contributed by atoms with Gasteiger partial charge in [-0.15, -0.1) is 0 Å². The molecule has 0 atom stereocenters. The Balaban J connectivity index is 2.56. The maximum Gasteiger partial charge on any atom is 0.193 e. The molecule has 0 aliphatic heterocycles. The van der Waals surface area contributed by atoms with E-state index < -0.39 is 0 Å². The molecule has 0 aromatic heterocycles. The first-order valence-corrected chi connectivity index (χ1v) is 6.07. The summed E-state index contributed by atoms with van der Waals surface area (Å²) in [6, 6.07) is 7.62. The average molecular weight is 238 g/mol. The highest BCUT2D eigenvalue weighted by atomic mass is 32.2. The second-order valence-corrected chi connectivity index (χ2v) is 6.50. The van der Waals surface area contributed by atoms with E-state index in [1.807, 2.05) is 45.0 Å². The summed E-state index contributed by atoms with van der Waals surface area (Å²) >= 11 is 1.39. The van der Waals surface area contributed by atoms with Gasteiger partial charge in [0.05, 0.1) is 7.11 Å². The molecule has 0 unspecified atom stereocenters. The Morgan fingerprint density at radius 1 is 1.25 bits per heavy atom. The van der Waals surface area contributed by atoms with Crippen molar-refractivity contribution in [3.63, 3.8) is 0 Å². The van der Waals surface area contributed by atoms with E-state index in [2.05, 4.69) is 0 Å². The molecule has 88 valence electrons. The summed E-state index contributed by atoms with van der Waals surface area (Å²) in [4.78, 5) is 11.7. The number of benzene rings is 1. The van der Waals surface area contributed by atoms with E-state index in [1.54, 1.807) is 7.11 Å². The van der Waals surface area contributed by atoms with Crippen LogP contribution in [-0.4, -0.2) is 17.0 Å². The van der Waals surface area contributed by atoms with Gasteiger partial charge in [0, 0.05) is 11.2 Å². The smallest absolute Gasteiger partial charge is 0.193 e. The Hall–Kier alpha value is -0.960. The van der Waals surface area contributed by atoms with Crippen molar-refractivity contribution in [1.82, 2.24) is 0 Å². The van der Waals surface area contributed by atoms with Crippen molar-refractivity contribution >= 4 is 16.9 Å². The third-order valence-electron chi connectivity index (χ3n) is 1.93. The fourth-order valence-corrected chi connectivity index (χ4v) is 2.21. The van der Waals surface area contributed by atoms with Crippen LogP contribution < -0.4 is 4.74 Å². The Morgan fingerprint density at radius 3 is 2.25 bits per heavy atom. The summed E-state index contributed by atoms with van der Waals surface area (Å²) in [5.41, 5.74) is 1.03. The van der Waals surface area contributed by atoms with Crippen molar-refractivity contribution in [2.75, 3.05) is 7.11 Å². The molecule has 0 amide bonds. The molecule has 0 spiro atoms. The second-order valence-electron chi connectivity index (χ2n) is 4.61. The van der Waals surface area contributed by atoms with Crippen molar-refractivity contribution in [1.29, 1.82) is 0 Å². The summed E-state index contributed by atoms with van der Waals surface area (Å²) in [6.45, 7) is 6.14. The Bertz CT molecular complexity index is 349. The van der Waals surface area contributed by atoms with Crippen LogP contribution in [-0.2, 0) is 11.2 Å². The van der Waals surface area contributed by atoms with Gasteiger partial charge >= 0.3 is 0 Å². The van der Waals surface area contributed by atoms with Crippen LogP contribution in [0.5, 0.6) is 5.75 Å². The first-order valence-electron chi connectivity index (χ1n) is 5.25. The Labute approximate surface area is 101 Å². The lowest BCUT2D eigenvalue weighted by atomic mass is 10.2. The van der Waals surface area contributed by atoms with Crippen LogP contribution >= 0.6 is 11.8 Å². The second kappa shape index (κ2) is 5.39. The number of thioether (sulfide) groups is 1. The maximum absolute atomic E-state index is 11.7. The minimum absolute atomic E-state index is 0.0104. The lowest BCUT2D eigenvalue weighted by molar-refractivity contribution is -0.110. The number of hydrogen-bond acceptors (Lipinski definition) is 3. The summed E-state index contributed by atoms with van der Waals surface area (Å²) < 4.78 is 5.05. The van der Waals surface area contributed by atoms with Crippen LogP contribution in [0.2, 0.25) is 0 Å². The van der Waals surface area contributed by atoms with E-state index in [-0.39, 0.29) is 9.86 Å². The molecule has 0 fully saturated rings. The van der Waals surface area contributed by atoms with E-state index in [0.29, 0.717) is 6.42 Å². The molecule has 0 heterocycles. The number of carbonyl (C=O) groups excluding carboxylic acids is 1. The lowest BCUT2D eigenvalue weighted by Gasteiger charge is -2.15. The first kappa shape index (κ1) is 13.1. The summed E-state index contributed by atoms with van der Waals surface area (Å²) in [5.74, 6) is 0.819. The van der Waals surface area contributed by atoms with E-state index in [4.69, 9.17) is 4.74 Å². The van der Waals surface area contributed by atoms with E-state index in [1.165, 1.54) is 11.8 Å². The van der Waals surface area contributed by atoms with Gasteiger partial charge in [-0.05, 0) is 17.7 Å². The van der Waals surface area contributed by atoms with Crippen LogP contribution in [0.25, 0.3) is 0 Å². The molecule has 0 saturated carbocycles. The van der Waals surface area contributed by atoms with Crippen molar-refractivity contribution in [2.45, 2.75) is 31.9 Å². The van der Waals surface area contributed by atoms with Crippen molar-refractivity contribution < 1.29 is 9.53 Å². The first-order chi connectivity index (χ1) is 7.40. The van der Waals surface area contributed by atoms with Gasteiger partial charge in [0.25, 0.3) is 0 Å². The zero-order chi connectivity index (χ0) is 12.2. The largest absolute Gasteiger partial charge is 0.497 e. The third-order valence-corrected chi connectivity index (χ3v) is 2.91. The molecule has 3 heteroatoms. The topological polar surface area (TPSA) is 26.3 Å². The molecular formula is C13H18O2S. The number of methoxy groups -OCH3 is 1. The van der Waals surface area contributed by atoms with Gasteiger partial charge in [0.2, 0.25) is 0 Å². The van der Waals surface area contributed by atoms with Gasteiger partial charge in [-0.25, -0.2) is 0 Å². The number of ether oxygens (including phenoxy) is 1. The molecular weight excluding hydrogens is 220 g/mol. The summed E-state index contributed by atoms with van der Waals surface area (Å²) in [7, 11) is 1.63. The highest BCUT2D eigenvalue weighted by molar-refractivity contribution is 8.14. The van der Waals surface area contributed by atoms with Crippen LogP contribution in [0.15, 0.2) is 24.3 Å². The molecule has 0 N–H and O–H groups in total. The predicted octanol–water partition coefficient (Wildman–Crippen LogP) is 3.30. The number of rotatable bonds is 3. The van der Waals surface area contributed by atoms with Crippen molar-refractivity contribution in [2.24, 2.45) is 0 Å². The number of hydrogen-bond donors (Lipinski definition) is 0. The highest BCUT2D eigenvalue weighted by Crippen LogP contribution is 2.25. The fourth-order valence-electron chi connectivity index (χ4n) is 1.29. The molecule has 0 aliphatic rings. The van der Waals surface area contributed by atoms with Gasteiger partial charge in [0.1, 0.15) is 5.75 Å². The quantitative estimate of drug-likeness (QED) is 0.808. The molecule has 1 aromatic rings. The Morgan fingerprint density at radius 2 is 1.81 bits per heavy atom. The zero-order valence-electron chi connectivity index (χ0n) is 10.2. The summed E-state index contributed by atoms with van der Waals surface area (Å²) in [5, 5.41) is 0.206. The van der Waals surface area contributed by atoms with Gasteiger partial charge in [-0.1, -0.05) is 44.7 Å².